The third-order valence-electron chi connectivity index (χ3n) is 3.36. The molecule has 0 fully saturated rings. The molecule has 2 rings (SSSR count). The quantitative estimate of drug-likeness (QED) is 0.827. The molecule has 0 heterocycles. The second kappa shape index (κ2) is 7.57. The van der Waals surface area contributed by atoms with Gasteiger partial charge >= 0.3 is 0 Å². The Morgan fingerprint density at radius 1 is 1.24 bits per heavy atom. The fraction of sp³-hybridized carbons (Fsp3) is 0.294. The van der Waals surface area contributed by atoms with Crippen molar-refractivity contribution in [3.8, 4) is 5.75 Å². The van der Waals surface area contributed by atoms with Gasteiger partial charge in [0.15, 0.2) is 0 Å². The minimum Gasteiger partial charge on any atom is -0.496 e. The Morgan fingerprint density at radius 3 is 2.67 bits per heavy atom. The second-order valence-corrected chi connectivity index (χ2v) is 5.69. The molecule has 0 saturated carbocycles. The minimum absolute atomic E-state index is 0.138. The lowest BCUT2D eigenvalue weighted by Gasteiger charge is -2.19. The molecule has 0 aromatic heterocycles. The number of nitrogens with one attached hydrogen (secondary N) is 1. The summed E-state index contributed by atoms with van der Waals surface area (Å²) in [4.78, 5) is 0. The van der Waals surface area contributed by atoms with Gasteiger partial charge in [0.1, 0.15) is 11.6 Å². The molecule has 112 valence electrons. The Bertz CT molecular complexity index is 603. The molecule has 2 nitrogen and oxygen atoms in total. The van der Waals surface area contributed by atoms with Crippen molar-refractivity contribution in [1.29, 1.82) is 0 Å². The molecule has 4 heteroatoms. The molecular formula is C17H19BrFNO. The third-order valence-corrected chi connectivity index (χ3v) is 3.98. The molecule has 0 aliphatic heterocycles. The minimum atomic E-state index is -0.196. The Hall–Kier alpha value is -1.39. The highest BCUT2D eigenvalue weighted by atomic mass is 79.9. The van der Waals surface area contributed by atoms with E-state index in [0.29, 0.717) is 0 Å². The van der Waals surface area contributed by atoms with Gasteiger partial charge in [0, 0.05) is 6.04 Å². The molecule has 0 bridgehead atoms. The summed E-state index contributed by atoms with van der Waals surface area (Å²) < 4.78 is 19.5. The first kappa shape index (κ1) is 16.0. The molecule has 1 atom stereocenters. The van der Waals surface area contributed by atoms with Crippen molar-refractivity contribution in [3.05, 3.63) is 63.9 Å². The Labute approximate surface area is 133 Å². The fourth-order valence-corrected chi connectivity index (χ4v) is 2.91. The van der Waals surface area contributed by atoms with Gasteiger partial charge in [-0.3, -0.25) is 0 Å². The van der Waals surface area contributed by atoms with Crippen LogP contribution in [0.4, 0.5) is 4.39 Å². The summed E-state index contributed by atoms with van der Waals surface area (Å²) in [5.74, 6) is 0.610. The van der Waals surface area contributed by atoms with E-state index in [1.165, 1.54) is 6.07 Å². The van der Waals surface area contributed by atoms with Gasteiger partial charge in [-0.1, -0.05) is 25.1 Å². The van der Waals surface area contributed by atoms with Crippen LogP contribution in [0.1, 0.15) is 24.1 Å². The molecule has 0 amide bonds. The summed E-state index contributed by atoms with van der Waals surface area (Å²) in [6.45, 7) is 2.92. The normalized spacial score (nSPS) is 12.2. The fourth-order valence-electron chi connectivity index (χ4n) is 2.35. The number of hydrogen-bond donors (Lipinski definition) is 1. The van der Waals surface area contributed by atoms with Crippen LogP contribution in [0.2, 0.25) is 0 Å². The number of halogens is 2. The summed E-state index contributed by atoms with van der Waals surface area (Å²) in [6, 6.07) is 12.9. The highest BCUT2D eigenvalue weighted by molar-refractivity contribution is 9.10. The summed E-state index contributed by atoms with van der Waals surface area (Å²) in [6.07, 6.45) is 0.740. The van der Waals surface area contributed by atoms with Crippen LogP contribution in [0.3, 0.4) is 0 Å². The van der Waals surface area contributed by atoms with Gasteiger partial charge in [0.2, 0.25) is 0 Å². The van der Waals surface area contributed by atoms with Crippen molar-refractivity contribution in [1.82, 2.24) is 5.32 Å². The van der Waals surface area contributed by atoms with Gasteiger partial charge in [0.05, 0.1) is 11.6 Å². The van der Waals surface area contributed by atoms with E-state index in [1.54, 1.807) is 19.2 Å². The number of hydrogen-bond acceptors (Lipinski definition) is 2. The van der Waals surface area contributed by atoms with E-state index >= 15 is 0 Å². The molecular weight excluding hydrogens is 333 g/mol. The van der Waals surface area contributed by atoms with E-state index < -0.39 is 0 Å². The lowest BCUT2D eigenvalue weighted by Crippen LogP contribution is -2.23. The number of methoxy groups -OCH3 is 1. The van der Waals surface area contributed by atoms with Gasteiger partial charge in [0.25, 0.3) is 0 Å². The maximum absolute atomic E-state index is 13.3. The van der Waals surface area contributed by atoms with Crippen molar-refractivity contribution in [2.24, 2.45) is 0 Å². The smallest absolute Gasteiger partial charge is 0.133 e. The Morgan fingerprint density at radius 2 is 2.05 bits per heavy atom. The Balaban J connectivity index is 2.24. The van der Waals surface area contributed by atoms with Crippen LogP contribution in [0.5, 0.6) is 5.75 Å². The van der Waals surface area contributed by atoms with Crippen molar-refractivity contribution in [2.75, 3.05) is 13.7 Å². The number of rotatable bonds is 6. The van der Waals surface area contributed by atoms with Crippen molar-refractivity contribution < 1.29 is 9.13 Å². The number of benzene rings is 2. The molecule has 0 aliphatic carbocycles. The monoisotopic (exact) mass is 351 g/mol. The predicted octanol–water partition coefficient (Wildman–Crippen LogP) is 4.49. The summed E-state index contributed by atoms with van der Waals surface area (Å²) >= 11 is 3.51. The van der Waals surface area contributed by atoms with Crippen molar-refractivity contribution in [2.45, 2.75) is 19.4 Å². The SMILES string of the molecule is CCNC(Cc1cccc(F)c1)c1ccc(OC)c(Br)c1. The highest BCUT2D eigenvalue weighted by Crippen LogP contribution is 2.29. The van der Waals surface area contributed by atoms with Crippen LogP contribution in [0, 0.1) is 5.82 Å². The topological polar surface area (TPSA) is 21.3 Å². The maximum Gasteiger partial charge on any atom is 0.133 e. The predicted molar refractivity (Wildman–Crippen MR) is 87.2 cm³/mol. The summed E-state index contributed by atoms with van der Waals surface area (Å²) in [5, 5.41) is 3.45. The maximum atomic E-state index is 13.3. The largest absolute Gasteiger partial charge is 0.496 e. The number of likely N-dealkylation sites (N-methyl/N-ethyl adjacent to an activating group) is 1. The zero-order chi connectivity index (χ0) is 15.2. The zero-order valence-corrected chi connectivity index (χ0v) is 13.8. The molecule has 0 saturated heterocycles. The lowest BCUT2D eigenvalue weighted by atomic mass is 9.98. The average molecular weight is 352 g/mol. The van der Waals surface area contributed by atoms with E-state index in [0.717, 1.165) is 34.3 Å². The lowest BCUT2D eigenvalue weighted by molar-refractivity contribution is 0.411. The number of ether oxygens (including phenoxy) is 1. The van der Waals surface area contributed by atoms with Gasteiger partial charge < -0.3 is 10.1 Å². The van der Waals surface area contributed by atoms with E-state index in [-0.39, 0.29) is 11.9 Å². The Kier molecular flexibility index (Phi) is 5.76. The molecule has 2 aromatic carbocycles. The molecule has 1 unspecified atom stereocenters. The van der Waals surface area contributed by atoms with E-state index in [9.17, 15) is 4.39 Å². The van der Waals surface area contributed by atoms with Crippen molar-refractivity contribution in [3.63, 3.8) is 0 Å². The van der Waals surface area contributed by atoms with Gasteiger partial charge in [-0.05, 0) is 64.3 Å². The van der Waals surface area contributed by atoms with E-state index in [2.05, 4.69) is 28.2 Å². The van der Waals surface area contributed by atoms with Crippen LogP contribution < -0.4 is 10.1 Å². The standard InChI is InChI=1S/C17H19BrFNO/c1-3-20-16(10-12-5-4-6-14(19)9-12)13-7-8-17(21-2)15(18)11-13/h4-9,11,16,20H,3,10H2,1-2H3. The molecule has 0 aliphatic rings. The first-order chi connectivity index (χ1) is 10.1. The first-order valence-corrected chi connectivity index (χ1v) is 7.74. The second-order valence-electron chi connectivity index (χ2n) is 4.84. The average Bonchev–Trinajstić information content (AvgIpc) is 2.47. The van der Waals surface area contributed by atoms with Crippen LogP contribution in [-0.4, -0.2) is 13.7 Å². The van der Waals surface area contributed by atoms with Crippen LogP contribution in [-0.2, 0) is 6.42 Å². The highest BCUT2D eigenvalue weighted by Gasteiger charge is 2.13. The van der Waals surface area contributed by atoms with Crippen LogP contribution in [0.15, 0.2) is 46.9 Å². The molecule has 2 aromatic rings. The first-order valence-electron chi connectivity index (χ1n) is 6.95. The van der Waals surface area contributed by atoms with Crippen LogP contribution in [0.25, 0.3) is 0 Å². The zero-order valence-electron chi connectivity index (χ0n) is 12.2. The van der Waals surface area contributed by atoms with Gasteiger partial charge in [-0.2, -0.15) is 0 Å². The van der Waals surface area contributed by atoms with Crippen LogP contribution >= 0.6 is 15.9 Å². The van der Waals surface area contributed by atoms with Gasteiger partial charge in [-0.15, -0.1) is 0 Å². The van der Waals surface area contributed by atoms with E-state index in [4.69, 9.17) is 4.74 Å². The van der Waals surface area contributed by atoms with Gasteiger partial charge in [-0.25, -0.2) is 4.39 Å². The molecule has 1 N–H and O–H groups in total. The van der Waals surface area contributed by atoms with Crippen molar-refractivity contribution >= 4 is 15.9 Å². The van der Waals surface area contributed by atoms with E-state index in [1.807, 2.05) is 24.3 Å². The molecule has 0 spiro atoms. The summed E-state index contributed by atoms with van der Waals surface area (Å²) in [7, 11) is 1.65. The molecule has 0 radical (unpaired) electrons. The summed E-state index contributed by atoms with van der Waals surface area (Å²) in [5.41, 5.74) is 2.13. The third kappa shape index (κ3) is 4.29. The molecule has 21 heavy (non-hydrogen) atoms.